The fourth-order valence-corrected chi connectivity index (χ4v) is 1.06. The minimum Gasteiger partial charge on any atom is -0.393 e. The second-order valence-corrected chi connectivity index (χ2v) is 3.99. The van der Waals surface area contributed by atoms with Gasteiger partial charge in [0.05, 0.1) is 11.4 Å². The van der Waals surface area contributed by atoms with Crippen LogP contribution in [0, 0.1) is 0 Å². The molecule has 4 N–H and O–H groups in total. The van der Waals surface area contributed by atoms with E-state index in [1.165, 1.54) is 0 Å². The van der Waals surface area contributed by atoms with Crippen LogP contribution in [-0.4, -0.2) is 29.4 Å². The van der Waals surface area contributed by atoms with Gasteiger partial charge in [-0.05, 0) is 13.8 Å². The SMILES string of the molecule is CC(C)NC(=O)CCNC(=O)CC(N)=S. The molecule has 5 nitrogen and oxygen atoms in total. The molecule has 0 atom stereocenters. The highest BCUT2D eigenvalue weighted by Crippen LogP contribution is 1.84. The Morgan fingerprint density at radius 3 is 2.40 bits per heavy atom. The van der Waals surface area contributed by atoms with Crippen molar-refractivity contribution in [3.05, 3.63) is 0 Å². The van der Waals surface area contributed by atoms with Crippen LogP contribution in [0.4, 0.5) is 0 Å². The molecule has 0 aliphatic carbocycles. The van der Waals surface area contributed by atoms with Crippen molar-refractivity contribution in [2.75, 3.05) is 6.54 Å². The van der Waals surface area contributed by atoms with Crippen molar-refractivity contribution in [1.29, 1.82) is 0 Å². The first kappa shape index (κ1) is 13.8. The monoisotopic (exact) mass is 231 g/mol. The van der Waals surface area contributed by atoms with Crippen molar-refractivity contribution in [3.8, 4) is 0 Å². The van der Waals surface area contributed by atoms with Gasteiger partial charge in [0.2, 0.25) is 11.8 Å². The summed E-state index contributed by atoms with van der Waals surface area (Å²) in [4.78, 5) is 22.3. The molecule has 0 aliphatic heterocycles. The summed E-state index contributed by atoms with van der Waals surface area (Å²) < 4.78 is 0. The molecule has 86 valence electrons. The predicted octanol–water partition coefficient (Wildman–Crippen LogP) is -0.306. The highest BCUT2D eigenvalue weighted by Gasteiger charge is 2.05. The summed E-state index contributed by atoms with van der Waals surface area (Å²) in [6.45, 7) is 4.06. The van der Waals surface area contributed by atoms with E-state index in [2.05, 4.69) is 22.9 Å². The fraction of sp³-hybridized carbons (Fsp3) is 0.667. The van der Waals surface area contributed by atoms with Gasteiger partial charge in [0.25, 0.3) is 0 Å². The average molecular weight is 231 g/mol. The Kier molecular flexibility index (Phi) is 6.61. The minimum atomic E-state index is -0.250. The van der Waals surface area contributed by atoms with Crippen molar-refractivity contribution in [3.63, 3.8) is 0 Å². The van der Waals surface area contributed by atoms with E-state index in [1.807, 2.05) is 13.8 Å². The third-order valence-electron chi connectivity index (χ3n) is 1.46. The zero-order valence-electron chi connectivity index (χ0n) is 9.00. The Bertz CT molecular complexity index is 254. The van der Waals surface area contributed by atoms with Crippen LogP contribution in [0.2, 0.25) is 0 Å². The lowest BCUT2D eigenvalue weighted by Gasteiger charge is -2.08. The van der Waals surface area contributed by atoms with E-state index in [4.69, 9.17) is 5.73 Å². The lowest BCUT2D eigenvalue weighted by Crippen LogP contribution is -2.34. The van der Waals surface area contributed by atoms with Gasteiger partial charge in [-0.3, -0.25) is 9.59 Å². The number of nitrogens with one attached hydrogen (secondary N) is 2. The largest absolute Gasteiger partial charge is 0.393 e. The summed E-state index contributed by atoms with van der Waals surface area (Å²) in [5.41, 5.74) is 5.18. The van der Waals surface area contributed by atoms with Crippen LogP contribution in [0.1, 0.15) is 26.7 Å². The van der Waals surface area contributed by atoms with Crippen LogP contribution >= 0.6 is 12.2 Å². The summed E-state index contributed by atoms with van der Waals surface area (Å²) in [5.74, 6) is -0.333. The molecular weight excluding hydrogens is 214 g/mol. The van der Waals surface area contributed by atoms with Crippen LogP contribution in [-0.2, 0) is 9.59 Å². The quantitative estimate of drug-likeness (QED) is 0.548. The Balaban J connectivity index is 3.57. The van der Waals surface area contributed by atoms with Crippen LogP contribution in [0.25, 0.3) is 0 Å². The first-order valence-electron chi connectivity index (χ1n) is 4.76. The summed E-state index contributed by atoms with van der Waals surface area (Å²) in [6.07, 6.45) is 0.294. The smallest absolute Gasteiger partial charge is 0.226 e. The van der Waals surface area contributed by atoms with E-state index < -0.39 is 0 Å². The standard InChI is InChI=1S/C9H17N3O2S/c1-6(2)12-8(13)3-4-11-9(14)5-7(10)15/h6H,3-5H2,1-2H3,(H2,10,15)(H,11,14)(H,12,13). The van der Waals surface area contributed by atoms with Gasteiger partial charge in [-0.1, -0.05) is 12.2 Å². The van der Waals surface area contributed by atoms with Gasteiger partial charge in [0, 0.05) is 19.0 Å². The number of nitrogens with two attached hydrogens (primary N) is 1. The summed E-state index contributed by atoms with van der Waals surface area (Å²) >= 11 is 4.57. The molecule has 0 saturated heterocycles. The average Bonchev–Trinajstić information content (AvgIpc) is 2.00. The lowest BCUT2D eigenvalue weighted by molar-refractivity contribution is -0.122. The molecule has 0 aromatic rings. The van der Waals surface area contributed by atoms with E-state index in [9.17, 15) is 9.59 Å². The van der Waals surface area contributed by atoms with Gasteiger partial charge in [-0.25, -0.2) is 0 Å². The molecule has 0 saturated carbocycles. The number of carbonyl (C=O) groups excluding carboxylic acids is 2. The van der Waals surface area contributed by atoms with Crippen molar-refractivity contribution in [1.82, 2.24) is 10.6 Å². The number of amides is 2. The molecule has 15 heavy (non-hydrogen) atoms. The Labute approximate surface area is 94.8 Å². The van der Waals surface area contributed by atoms with Crippen molar-refractivity contribution in [2.45, 2.75) is 32.7 Å². The van der Waals surface area contributed by atoms with E-state index in [-0.39, 0.29) is 35.7 Å². The van der Waals surface area contributed by atoms with Crippen molar-refractivity contribution < 1.29 is 9.59 Å². The number of hydrogen-bond donors (Lipinski definition) is 3. The molecule has 0 bridgehead atoms. The Hall–Kier alpha value is -1.17. The molecule has 0 aromatic carbocycles. The maximum atomic E-state index is 11.1. The summed E-state index contributed by atoms with van der Waals surface area (Å²) in [6, 6.07) is 0.116. The topological polar surface area (TPSA) is 84.2 Å². The van der Waals surface area contributed by atoms with Crippen molar-refractivity contribution in [2.24, 2.45) is 5.73 Å². The van der Waals surface area contributed by atoms with E-state index >= 15 is 0 Å². The maximum absolute atomic E-state index is 11.1. The molecule has 0 heterocycles. The summed E-state index contributed by atoms with van der Waals surface area (Å²) in [7, 11) is 0. The highest BCUT2D eigenvalue weighted by atomic mass is 32.1. The lowest BCUT2D eigenvalue weighted by atomic mass is 10.3. The zero-order valence-corrected chi connectivity index (χ0v) is 9.82. The first-order chi connectivity index (χ1) is 6.91. The molecule has 0 aliphatic rings. The van der Waals surface area contributed by atoms with Crippen LogP contribution in [0.3, 0.4) is 0 Å². The number of carbonyl (C=O) groups is 2. The van der Waals surface area contributed by atoms with Gasteiger partial charge in [0.1, 0.15) is 0 Å². The number of thiocarbonyl (C=S) groups is 1. The molecule has 0 radical (unpaired) electrons. The molecule has 6 heteroatoms. The van der Waals surface area contributed by atoms with Crippen LogP contribution in [0.5, 0.6) is 0 Å². The third kappa shape index (κ3) is 9.14. The molecule has 0 unspecified atom stereocenters. The van der Waals surface area contributed by atoms with Crippen LogP contribution < -0.4 is 16.4 Å². The fourth-order valence-electron chi connectivity index (χ4n) is 0.930. The third-order valence-corrected chi connectivity index (χ3v) is 1.60. The maximum Gasteiger partial charge on any atom is 0.226 e. The number of hydrogen-bond acceptors (Lipinski definition) is 3. The molecule has 2 amide bonds. The van der Waals surface area contributed by atoms with Crippen molar-refractivity contribution >= 4 is 29.0 Å². The zero-order chi connectivity index (χ0) is 11.8. The first-order valence-corrected chi connectivity index (χ1v) is 5.17. The number of rotatable bonds is 6. The van der Waals surface area contributed by atoms with Gasteiger partial charge in [-0.2, -0.15) is 0 Å². The normalized spacial score (nSPS) is 9.80. The molecule has 0 aromatic heterocycles. The Morgan fingerprint density at radius 2 is 1.93 bits per heavy atom. The second kappa shape index (κ2) is 7.17. The minimum absolute atomic E-state index is 0.0289. The van der Waals surface area contributed by atoms with Gasteiger partial charge >= 0.3 is 0 Å². The summed E-state index contributed by atoms with van der Waals surface area (Å²) in [5, 5.41) is 5.27. The molecule has 0 fully saturated rings. The van der Waals surface area contributed by atoms with E-state index in [0.29, 0.717) is 6.54 Å². The molecule has 0 rings (SSSR count). The highest BCUT2D eigenvalue weighted by molar-refractivity contribution is 7.80. The second-order valence-electron chi connectivity index (χ2n) is 3.47. The Morgan fingerprint density at radius 1 is 1.33 bits per heavy atom. The van der Waals surface area contributed by atoms with Gasteiger partial charge in [-0.15, -0.1) is 0 Å². The molecule has 0 spiro atoms. The van der Waals surface area contributed by atoms with E-state index in [0.717, 1.165) is 0 Å². The molecular formula is C9H17N3O2S. The van der Waals surface area contributed by atoms with E-state index in [1.54, 1.807) is 0 Å². The predicted molar refractivity (Wildman–Crippen MR) is 62.3 cm³/mol. The van der Waals surface area contributed by atoms with Gasteiger partial charge in [0.15, 0.2) is 0 Å². The van der Waals surface area contributed by atoms with Gasteiger partial charge < -0.3 is 16.4 Å². The van der Waals surface area contributed by atoms with Crippen LogP contribution in [0.15, 0.2) is 0 Å².